The molecule has 0 saturated carbocycles. The topological polar surface area (TPSA) is 49.2 Å². The van der Waals surface area contributed by atoms with Crippen molar-refractivity contribution < 1.29 is 5.11 Å². The molecule has 4 heteroatoms. The van der Waals surface area contributed by atoms with Gasteiger partial charge in [-0.05, 0) is 19.4 Å². The molecule has 1 heterocycles. The van der Waals surface area contributed by atoms with Crippen LogP contribution in [0.3, 0.4) is 0 Å². The second-order valence-corrected chi connectivity index (χ2v) is 3.20. The van der Waals surface area contributed by atoms with Crippen molar-refractivity contribution in [2.45, 2.75) is 19.9 Å². The van der Waals surface area contributed by atoms with Crippen molar-refractivity contribution in [2.24, 2.45) is 0 Å². The highest BCUT2D eigenvalue weighted by molar-refractivity contribution is 5.29. The summed E-state index contributed by atoms with van der Waals surface area (Å²) in [5.74, 6) is 0.646. The fraction of sp³-hybridized carbons (Fsp3) is 0.556. The average Bonchev–Trinajstić information content (AvgIpc) is 2.17. The fourth-order valence-electron chi connectivity index (χ4n) is 0.888. The first-order chi connectivity index (χ1) is 6.15. The molecule has 1 N–H and O–H groups in total. The SMILES string of the molecule is Cc1cnc(N(C)[C@H](C)CO)nc1. The van der Waals surface area contributed by atoms with Gasteiger partial charge in [0.15, 0.2) is 0 Å². The lowest BCUT2D eigenvalue weighted by atomic mass is 10.3. The maximum Gasteiger partial charge on any atom is 0.225 e. The van der Waals surface area contributed by atoms with Gasteiger partial charge in [0.2, 0.25) is 5.95 Å². The Hall–Kier alpha value is -1.16. The Morgan fingerprint density at radius 1 is 1.46 bits per heavy atom. The third-order valence-corrected chi connectivity index (χ3v) is 2.01. The normalized spacial score (nSPS) is 12.6. The van der Waals surface area contributed by atoms with E-state index in [1.54, 1.807) is 12.4 Å². The molecule has 72 valence electrons. The second-order valence-electron chi connectivity index (χ2n) is 3.20. The smallest absolute Gasteiger partial charge is 0.225 e. The minimum Gasteiger partial charge on any atom is -0.394 e. The molecule has 0 aliphatic rings. The standard InChI is InChI=1S/C9H15N3O/c1-7-4-10-9(11-5-7)12(3)8(2)6-13/h4-5,8,13H,6H2,1-3H3/t8-/m1/s1. The van der Waals surface area contributed by atoms with Gasteiger partial charge < -0.3 is 10.0 Å². The number of anilines is 1. The summed E-state index contributed by atoms with van der Waals surface area (Å²) in [6, 6.07) is 0.0442. The van der Waals surface area contributed by atoms with Crippen LogP contribution < -0.4 is 4.90 Å². The number of aromatic nitrogens is 2. The lowest BCUT2D eigenvalue weighted by molar-refractivity contribution is 0.269. The molecule has 0 saturated heterocycles. The maximum absolute atomic E-state index is 8.92. The molecular weight excluding hydrogens is 166 g/mol. The second kappa shape index (κ2) is 4.18. The summed E-state index contributed by atoms with van der Waals surface area (Å²) in [5, 5.41) is 8.92. The number of rotatable bonds is 3. The first-order valence-electron chi connectivity index (χ1n) is 4.27. The quantitative estimate of drug-likeness (QED) is 0.742. The van der Waals surface area contributed by atoms with Crippen LogP contribution in [0.2, 0.25) is 0 Å². The van der Waals surface area contributed by atoms with Gasteiger partial charge in [0.25, 0.3) is 0 Å². The van der Waals surface area contributed by atoms with Gasteiger partial charge in [0, 0.05) is 19.4 Å². The Kier molecular flexibility index (Phi) is 3.19. The molecule has 1 aromatic rings. The molecule has 4 nitrogen and oxygen atoms in total. The molecule has 0 bridgehead atoms. The number of hydrogen-bond acceptors (Lipinski definition) is 4. The molecular formula is C9H15N3O. The molecule has 0 unspecified atom stereocenters. The minimum absolute atomic E-state index is 0.0442. The summed E-state index contributed by atoms with van der Waals surface area (Å²) >= 11 is 0. The van der Waals surface area contributed by atoms with Gasteiger partial charge >= 0.3 is 0 Å². The summed E-state index contributed by atoms with van der Waals surface area (Å²) in [5.41, 5.74) is 1.04. The zero-order valence-corrected chi connectivity index (χ0v) is 8.23. The Balaban J connectivity index is 2.77. The third-order valence-electron chi connectivity index (χ3n) is 2.01. The van der Waals surface area contributed by atoms with Crippen molar-refractivity contribution in [2.75, 3.05) is 18.6 Å². The van der Waals surface area contributed by atoms with E-state index in [1.807, 2.05) is 25.8 Å². The van der Waals surface area contributed by atoms with Crippen LogP contribution in [0.5, 0.6) is 0 Å². The van der Waals surface area contributed by atoms with Gasteiger partial charge in [-0.3, -0.25) is 0 Å². The Morgan fingerprint density at radius 3 is 2.46 bits per heavy atom. The van der Waals surface area contributed by atoms with Crippen LogP contribution in [0.25, 0.3) is 0 Å². The van der Waals surface area contributed by atoms with Gasteiger partial charge in [-0.25, -0.2) is 9.97 Å². The van der Waals surface area contributed by atoms with Gasteiger partial charge in [-0.15, -0.1) is 0 Å². The zero-order chi connectivity index (χ0) is 9.84. The van der Waals surface area contributed by atoms with Crippen LogP contribution in [0.15, 0.2) is 12.4 Å². The number of aliphatic hydroxyl groups excluding tert-OH is 1. The first kappa shape index (κ1) is 9.92. The molecule has 1 aromatic heterocycles. The molecule has 0 aliphatic heterocycles. The van der Waals surface area contributed by atoms with Gasteiger partial charge in [-0.1, -0.05) is 0 Å². The number of hydrogen-bond donors (Lipinski definition) is 1. The lowest BCUT2D eigenvalue weighted by Crippen LogP contribution is -2.33. The van der Waals surface area contributed by atoms with E-state index in [1.165, 1.54) is 0 Å². The number of aliphatic hydroxyl groups is 1. The molecule has 0 radical (unpaired) electrons. The molecule has 0 fully saturated rings. The predicted molar refractivity (Wildman–Crippen MR) is 51.7 cm³/mol. The Bertz CT molecular complexity index is 260. The maximum atomic E-state index is 8.92. The van der Waals surface area contributed by atoms with Crippen LogP contribution in [0.1, 0.15) is 12.5 Å². The Morgan fingerprint density at radius 2 is 2.00 bits per heavy atom. The predicted octanol–water partition coefficient (Wildman–Crippen LogP) is 0.602. The van der Waals surface area contributed by atoms with Gasteiger partial charge in [0.05, 0.1) is 12.6 Å². The molecule has 0 amide bonds. The van der Waals surface area contributed by atoms with Crippen LogP contribution in [-0.2, 0) is 0 Å². The molecule has 1 rings (SSSR count). The van der Waals surface area contributed by atoms with Crippen LogP contribution >= 0.6 is 0 Å². The molecule has 0 aliphatic carbocycles. The van der Waals surface area contributed by atoms with Crippen LogP contribution in [0.4, 0.5) is 5.95 Å². The number of likely N-dealkylation sites (N-methyl/N-ethyl adjacent to an activating group) is 1. The van der Waals surface area contributed by atoms with E-state index in [9.17, 15) is 0 Å². The zero-order valence-electron chi connectivity index (χ0n) is 8.23. The van der Waals surface area contributed by atoms with E-state index in [0.717, 1.165) is 5.56 Å². The van der Waals surface area contributed by atoms with E-state index in [-0.39, 0.29) is 12.6 Å². The fourth-order valence-corrected chi connectivity index (χ4v) is 0.888. The van der Waals surface area contributed by atoms with E-state index in [2.05, 4.69) is 9.97 Å². The van der Waals surface area contributed by atoms with Crippen molar-refractivity contribution in [3.8, 4) is 0 Å². The summed E-state index contributed by atoms with van der Waals surface area (Å²) < 4.78 is 0. The van der Waals surface area contributed by atoms with E-state index in [0.29, 0.717) is 5.95 Å². The van der Waals surface area contributed by atoms with Crippen molar-refractivity contribution in [1.29, 1.82) is 0 Å². The highest BCUT2D eigenvalue weighted by Gasteiger charge is 2.10. The molecule has 0 aromatic carbocycles. The number of aryl methyl sites for hydroxylation is 1. The average molecular weight is 181 g/mol. The highest BCUT2D eigenvalue weighted by Crippen LogP contribution is 2.07. The monoisotopic (exact) mass is 181 g/mol. The minimum atomic E-state index is 0.0442. The third kappa shape index (κ3) is 2.39. The van der Waals surface area contributed by atoms with Crippen molar-refractivity contribution in [1.82, 2.24) is 9.97 Å². The molecule has 1 atom stereocenters. The largest absolute Gasteiger partial charge is 0.394 e. The van der Waals surface area contributed by atoms with Crippen LogP contribution in [0, 0.1) is 6.92 Å². The van der Waals surface area contributed by atoms with Crippen molar-refractivity contribution in [3.05, 3.63) is 18.0 Å². The summed E-state index contributed by atoms with van der Waals surface area (Å²) in [6.07, 6.45) is 3.53. The van der Waals surface area contributed by atoms with E-state index >= 15 is 0 Å². The highest BCUT2D eigenvalue weighted by atomic mass is 16.3. The summed E-state index contributed by atoms with van der Waals surface area (Å²) in [6.45, 7) is 3.97. The van der Waals surface area contributed by atoms with Crippen molar-refractivity contribution >= 4 is 5.95 Å². The van der Waals surface area contributed by atoms with Gasteiger partial charge in [0.1, 0.15) is 0 Å². The lowest BCUT2D eigenvalue weighted by Gasteiger charge is -2.22. The van der Waals surface area contributed by atoms with Crippen molar-refractivity contribution in [3.63, 3.8) is 0 Å². The summed E-state index contributed by atoms with van der Waals surface area (Å²) in [4.78, 5) is 10.1. The first-order valence-corrected chi connectivity index (χ1v) is 4.27. The summed E-state index contributed by atoms with van der Waals surface area (Å²) in [7, 11) is 1.87. The van der Waals surface area contributed by atoms with Gasteiger partial charge in [-0.2, -0.15) is 0 Å². The van der Waals surface area contributed by atoms with E-state index in [4.69, 9.17) is 5.11 Å². The Labute approximate surface area is 78.2 Å². The number of nitrogens with zero attached hydrogens (tertiary/aromatic N) is 3. The molecule has 13 heavy (non-hydrogen) atoms. The van der Waals surface area contributed by atoms with Crippen LogP contribution in [-0.4, -0.2) is 34.8 Å². The van der Waals surface area contributed by atoms with E-state index < -0.39 is 0 Å². The molecule has 0 spiro atoms.